The van der Waals surface area contributed by atoms with Gasteiger partial charge in [-0.2, -0.15) is 0 Å². The van der Waals surface area contributed by atoms with Crippen LogP contribution in [0.1, 0.15) is 57.9 Å². The molecule has 2 fully saturated rings. The highest BCUT2D eigenvalue weighted by atomic mass is 16.2. The zero-order valence-electron chi connectivity index (χ0n) is 18.1. The molecule has 1 aliphatic carbocycles. The topological polar surface area (TPSA) is 64.7 Å². The van der Waals surface area contributed by atoms with Crippen LogP contribution < -0.4 is 10.6 Å². The van der Waals surface area contributed by atoms with Crippen molar-refractivity contribution in [2.45, 2.75) is 58.4 Å². The van der Waals surface area contributed by atoms with Gasteiger partial charge in [-0.1, -0.05) is 38.8 Å². The van der Waals surface area contributed by atoms with E-state index in [0.717, 1.165) is 31.6 Å². The molecule has 0 bridgehead atoms. The van der Waals surface area contributed by atoms with Crippen molar-refractivity contribution in [1.29, 1.82) is 0 Å². The van der Waals surface area contributed by atoms with E-state index in [1.54, 1.807) is 0 Å². The van der Waals surface area contributed by atoms with E-state index in [9.17, 15) is 9.59 Å². The number of carbonyl (C=O) groups is 2. The molecule has 1 heterocycles. The number of hydrogen-bond acceptors (Lipinski definition) is 3. The molecule has 0 radical (unpaired) electrons. The molecule has 1 saturated heterocycles. The lowest BCUT2D eigenvalue weighted by Crippen LogP contribution is -2.58. The zero-order chi connectivity index (χ0) is 20.8. The Hall–Kier alpha value is -2.08. The average Bonchev–Trinajstić information content (AvgIpc) is 3.23. The number of urea groups is 1. The predicted octanol–water partition coefficient (Wildman–Crippen LogP) is 3.65. The molecule has 1 saturated carbocycles. The van der Waals surface area contributed by atoms with Gasteiger partial charge in [-0.05, 0) is 49.3 Å². The maximum Gasteiger partial charge on any atom is 0.317 e. The van der Waals surface area contributed by atoms with Crippen molar-refractivity contribution in [3.8, 4) is 0 Å². The van der Waals surface area contributed by atoms with E-state index in [1.807, 2.05) is 24.0 Å². The summed E-state index contributed by atoms with van der Waals surface area (Å²) < 4.78 is 0. The summed E-state index contributed by atoms with van der Waals surface area (Å²) in [5.74, 6) is 0.980. The Morgan fingerprint density at radius 3 is 2.21 bits per heavy atom. The third-order valence-corrected chi connectivity index (χ3v) is 6.28. The molecule has 2 aliphatic rings. The van der Waals surface area contributed by atoms with Gasteiger partial charge >= 0.3 is 6.03 Å². The van der Waals surface area contributed by atoms with Crippen LogP contribution in [-0.4, -0.2) is 60.5 Å². The minimum absolute atomic E-state index is 0.000685. The molecule has 1 atom stereocenters. The maximum absolute atomic E-state index is 13.3. The van der Waals surface area contributed by atoms with Crippen LogP contribution in [-0.2, 0) is 4.79 Å². The number of piperazine rings is 1. The largest absolute Gasteiger partial charge is 0.338 e. The summed E-state index contributed by atoms with van der Waals surface area (Å²) in [6.45, 7) is 9.76. The van der Waals surface area contributed by atoms with Gasteiger partial charge in [-0.25, -0.2) is 4.79 Å². The van der Waals surface area contributed by atoms with Crippen LogP contribution in [0.3, 0.4) is 0 Å². The molecular formula is C23H36N4O2. The van der Waals surface area contributed by atoms with Crippen molar-refractivity contribution < 1.29 is 9.59 Å². The van der Waals surface area contributed by atoms with Crippen LogP contribution >= 0.6 is 0 Å². The van der Waals surface area contributed by atoms with Gasteiger partial charge in [0.1, 0.15) is 0 Å². The van der Waals surface area contributed by atoms with Gasteiger partial charge in [0, 0.05) is 38.4 Å². The monoisotopic (exact) mass is 400 g/mol. The summed E-state index contributed by atoms with van der Waals surface area (Å²) in [7, 11) is 0. The lowest BCUT2D eigenvalue weighted by Gasteiger charge is -2.40. The quantitative estimate of drug-likeness (QED) is 0.766. The van der Waals surface area contributed by atoms with Crippen molar-refractivity contribution in [2.75, 3.05) is 38.0 Å². The first-order chi connectivity index (χ1) is 14.0. The molecule has 1 aliphatic heterocycles. The van der Waals surface area contributed by atoms with Crippen molar-refractivity contribution in [1.82, 2.24) is 15.1 Å². The van der Waals surface area contributed by atoms with E-state index in [0.29, 0.717) is 31.5 Å². The summed E-state index contributed by atoms with van der Waals surface area (Å²) >= 11 is 0. The molecule has 1 aromatic carbocycles. The summed E-state index contributed by atoms with van der Waals surface area (Å²) in [4.78, 5) is 29.5. The number of anilines is 1. The standard InChI is InChI=1S/C23H36N4O2/c1-4-24-23(29)27-15-13-26(14-16-27)21(19-7-5-6-8-19)22(28)25-20-11-9-18(10-12-20)17(2)3/h9-12,17,19,21H,4-8,13-16H2,1-3H3,(H,24,29)(H,25,28)/t21-/m0/s1. The second-order valence-corrected chi connectivity index (χ2v) is 8.61. The lowest BCUT2D eigenvalue weighted by atomic mass is 9.94. The molecule has 6 heteroatoms. The fraction of sp³-hybridized carbons (Fsp3) is 0.652. The highest BCUT2D eigenvalue weighted by Crippen LogP contribution is 2.31. The predicted molar refractivity (Wildman–Crippen MR) is 117 cm³/mol. The Morgan fingerprint density at radius 1 is 1.03 bits per heavy atom. The van der Waals surface area contributed by atoms with Crippen molar-refractivity contribution in [3.63, 3.8) is 0 Å². The molecule has 2 N–H and O–H groups in total. The number of hydrogen-bond donors (Lipinski definition) is 2. The van der Waals surface area contributed by atoms with Crippen LogP contribution in [0.2, 0.25) is 0 Å². The van der Waals surface area contributed by atoms with Gasteiger partial charge in [-0.15, -0.1) is 0 Å². The molecule has 29 heavy (non-hydrogen) atoms. The molecule has 0 unspecified atom stereocenters. The molecule has 6 nitrogen and oxygen atoms in total. The van der Waals surface area contributed by atoms with Gasteiger partial charge in [0.25, 0.3) is 0 Å². The first-order valence-electron chi connectivity index (χ1n) is 11.2. The fourth-order valence-corrected chi connectivity index (χ4v) is 4.58. The molecule has 3 amide bonds. The van der Waals surface area contributed by atoms with Gasteiger partial charge < -0.3 is 15.5 Å². The maximum atomic E-state index is 13.3. The van der Waals surface area contributed by atoms with E-state index >= 15 is 0 Å². The highest BCUT2D eigenvalue weighted by Gasteiger charge is 2.37. The Morgan fingerprint density at radius 2 is 1.66 bits per heavy atom. The first-order valence-corrected chi connectivity index (χ1v) is 11.2. The van der Waals surface area contributed by atoms with E-state index in [2.05, 4.69) is 41.5 Å². The van der Waals surface area contributed by atoms with Gasteiger partial charge in [0.2, 0.25) is 5.91 Å². The number of nitrogens with zero attached hydrogens (tertiary/aromatic N) is 2. The molecule has 0 spiro atoms. The second-order valence-electron chi connectivity index (χ2n) is 8.61. The number of benzene rings is 1. The van der Waals surface area contributed by atoms with E-state index in [4.69, 9.17) is 0 Å². The molecule has 0 aromatic heterocycles. The highest BCUT2D eigenvalue weighted by molar-refractivity contribution is 5.95. The fourth-order valence-electron chi connectivity index (χ4n) is 4.58. The van der Waals surface area contributed by atoms with Crippen molar-refractivity contribution in [3.05, 3.63) is 29.8 Å². The number of nitrogens with one attached hydrogen (secondary N) is 2. The van der Waals surface area contributed by atoms with E-state index in [-0.39, 0.29) is 18.0 Å². The third-order valence-electron chi connectivity index (χ3n) is 6.28. The second kappa shape index (κ2) is 10.1. The Labute approximate surface area is 175 Å². The minimum Gasteiger partial charge on any atom is -0.338 e. The summed E-state index contributed by atoms with van der Waals surface area (Å²) in [6, 6.07) is 8.09. The average molecular weight is 401 g/mol. The van der Waals surface area contributed by atoms with Gasteiger partial charge in [0.15, 0.2) is 0 Å². The zero-order valence-corrected chi connectivity index (χ0v) is 18.1. The summed E-state index contributed by atoms with van der Waals surface area (Å²) in [6.07, 6.45) is 4.63. The smallest absolute Gasteiger partial charge is 0.317 e. The summed E-state index contributed by atoms with van der Waals surface area (Å²) in [5.41, 5.74) is 2.14. The Balaban J connectivity index is 1.66. The lowest BCUT2D eigenvalue weighted by molar-refractivity contribution is -0.123. The summed E-state index contributed by atoms with van der Waals surface area (Å²) in [5, 5.41) is 6.03. The van der Waals surface area contributed by atoms with Crippen LogP contribution in [0.25, 0.3) is 0 Å². The van der Waals surface area contributed by atoms with E-state index in [1.165, 1.54) is 18.4 Å². The van der Waals surface area contributed by atoms with E-state index < -0.39 is 0 Å². The van der Waals surface area contributed by atoms with Crippen LogP contribution in [0.4, 0.5) is 10.5 Å². The normalized spacial score (nSPS) is 19.4. The van der Waals surface area contributed by atoms with Crippen molar-refractivity contribution >= 4 is 17.6 Å². The van der Waals surface area contributed by atoms with Gasteiger partial charge in [-0.3, -0.25) is 9.69 Å². The number of rotatable bonds is 6. The first kappa shape index (κ1) is 21.6. The minimum atomic E-state index is -0.112. The Kier molecular flexibility index (Phi) is 7.53. The Bertz CT molecular complexity index is 675. The molecule has 160 valence electrons. The molecule has 3 rings (SSSR count). The number of amides is 3. The third kappa shape index (κ3) is 5.50. The molecular weight excluding hydrogens is 364 g/mol. The molecule has 1 aromatic rings. The van der Waals surface area contributed by atoms with Crippen LogP contribution in [0, 0.1) is 5.92 Å². The number of carbonyl (C=O) groups excluding carboxylic acids is 2. The van der Waals surface area contributed by atoms with Crippen molar-refractivity contribution in [2.24, 2.45) is 5.92 Å². The van der Waals surface area contributed by atoms with Gasteiger partial charge in [0.05, 0.1) is 6.04 Å². The van der Waals surface area contributed by atoms with Crippen LogP contribution in [0.15, 0.2) is 24.3 Å². The SMILES string of the molecule is CCNC(=O)N1CCN([C@H](C(=O)Nc2ccc(C(C)C)cc2)C2CCCC2)CC1. The van der Waals surface area contributed by atoms with Crippen LogP contribution in [0.5, 0.6) is 0 Å².